The Bertz CT molecular complexity index is 1060. The van der Waals surface area contributed by atoms with Crippen molar-refractivity contribution in [3.05, 3.63) is 38.4 Å². The molecule has 110 valence electrons. The predicted molar refractivity (Wildman–Crippen MR) is 78.2 cm³/mol. The Morgan fingerprint density at radius 3 is 2.73 bits per heavy atom. The van der Waals surface area contributed by atoms with Crippen LogP contribution in [0.5, 0.6) is 5.75 Å². The number of nitrogens with zero attached hydrogens (tertiary/aromatic N) is 1. The predicted octanol–water partition coefficient (Wildman–Crippen LogP) is 3.48. The average molecular weight is 318 g/mol. The summed E-state index contributed by atoms with van der Waals surface area (Å²) in [4.78, 5) is 15.8. The first-order chi connectivity index (χ1) is 10.5. The second-order valence-electron chi connectivity index (χ2n) is 5.33. The zero-order valence-corrected chi connectivity index (χ0v) is 11.9. The van der Waals surface area contributed by atoms with Crippen LogP contribution < -0.4 is 5.43 Å². The Balaban J connectivity index is 2.26. The topological polar surface area (TPSA) is 76.9 Å². The molecule has 0 bridgehead atoms. The first kappa shape index (κ1) is 13.2. The van der Waals surface area contributed by atoms with Gasteiger partial charge in [-0.3, -0.25) is 4.79 Å². The van der Waals surface area contributed by atoms with E-state index in [1.807, 2.05) is 0 Å². The lowest BCUT2D eigenvalue weighted by Crippen LogP contribution is -2.08. The molecule has 1 aromatic carbocycles. The molecule has 4 nitrogen and oxygen atoms in total. The van der Waals surface area contributed by atoms with Crippen molar-refractivity contribution in [1.29, 1.82) is 5.26 Å². The van der Waals surface area contributed by atoms with E-state index >= 15 is 0 Å². The van der Waals surface area contributed by atoms with Crippen LogP contribution in [-0.2, 0) is 0 Å². The van der Waals surface area contributed by atoms with E-state index in [2.05, 4.69) is 4.98 Å². The van der Waals surface area contributed by atoms with Crippen LogP contribution in [0.4, 0.5) is 8.78 Å². The number of nitrogens with one attached hydrogen (secondary N) is 1. The van der Waals surface area contributed by atoms with Crippen molar-refractivity contribution < 1.29 is 13.9 Å². The van der Waals surface area contributed by atoms with Crippen LogP contribution in [0.3, 0.4) is 0 Å². The van der Waals surface area contributed by atoms with Crippen molar-refractivity contribution in [2.75, 3.05) is 0 Å². The van der Waals surface area contributed by atoms with Crippen LogP contribution in [0.2, 0.25) is 0 Å². The highest BCUT2D eigenvalue weighted by Crippen LogP contribution is 2.45. The van der Waals surface area contributed by atoms with Crippen LogP contribution in [-0.4, -0.2) is 10.1 Å². The molecule has 1 saturated carbocycles. The molecule has 1 aliphatic rings. The van der Waals surface area contributed by atoms with Crippen molar-refractivity contribution in [2.45, 2.75) is 18.8 Å². The minimum Gasteiger partial charge on any atom is -0.505 e. The van der Waals surface area contributed by atoms with Gasteiger partial charge < -0.3 is 10.1 Å². The van der Waals surface area contributed by atoms with E-state index in [9.17, 15) is 18.7 Å². The summed E-state index contributed by atoms with van der Waals surface area (Å²) < 4.78 is 27.9. The quantitative estimate of drug-likeness (QED) is 0.721. The van der Waals surface area contributed by atoms with E-state index in [1.165, 1.54) is 0 Å². The minimum atomic E-state index is -1.01. The fraction of sp³-hybridized carbons (Fsp3) is 0.200. The lowest BCUT2D eigenvalue weighted by Gasteiger charge is -2.08. The molecule has 0 spiro atoms. The monoisotopic (exact) mass is 318 g/mol. The molecule has 0 aliphatic heterocycles. The SMILES string of the molecule is N#Cc1sc2[nH]c3cc(F)c(F)c(C4CC4)c3c(=O)c2c1O. The number of H-pyrrole nitrogens is 1. The largest absolute Gasteiger partial charge is 0.505 e. The molecule has 0 unspecified atom stereocenters. The minimum absolute atomic E-state index is 0.00688. The molecule has 4 rings (SSSR count). The van der Waals surface area contributed by atoms with Gasteiger partial charge in [0.15, 0.2) is 17.4 Å². The molecule has 2 aromatic heterocycles. The molecule has 1 aliphatic carbocycles. The molecule has 3 aromatic rings. The number of aromatic amines is 1. The van der Waals surface area contributed by atoms with E-state index in [-0.39, 0.29) is 37.5 Å². The van der Waals surface area contributed by atoms with Gasteiger partial charge in [-0.15, -0.1) is 11.3 Å². The highest BCUT2D eigenvalue weighted by atomic mass is 32.1. The summed E-state index contributed by atoms with van der Waals surface area (Å²) in [5.74, 6) is -2.59. The Morgan fingerprint density at radius 1 is 1.36 bits per heavy atom. The van der Waals surface area contributed by atoms with Crippen LogP contribution in [0, 0.1) is 23.0 Å². The van der Waals surface area contributed by atoms with E-state index < -0.39 is 22.8 Å². The summed E-state index contributed by atoms with van der Waals surface area (Å²) >= 11 is 0.910. The van der Waals surface area contributed by atoms with Crippen molar-refractivity contribution in [3.63, 3.8) is 0 Å². The molecule has 0 saturated heterocycles. The number of halogens is 2. The zero-order valence-electron chi connectivity index (χ0n) is 11.0. The first-order valence-electron chi connectivity index (χ1n) is 6.62. The fourth-order valence-corrected chi connectivity index (χ4v) is 3.69. The molecule has 0 atom stereocenters. The molecule has 2 N–H and O–H groups in total. The van der Waals surface area contributed by atoms with Gasteiger partial charge in [0.1, 0.15) is 21.2 Å². The van der Waals surface area contributed by atoms with E-state index in [0.717, 1.165) is 17.4 Å². The van der Waals surface area contributed by atoms with Gasteiger partial charge in [-0.25, -0.2) is 8.78 Å². The maximum Gasteiger partial charge on any atom is 0.202 e. The summed E-state index contributed by atoms with van der Waals surface area (Å²) in [5.41, 5.74) is -0.314. The summed E-state index contributed by atoms with van der Waals surface area (Å²) in [7, 11) is 0. The number of hydrogen-bond acceptors (Lipinski definition) is 4. The Hall–Kier alpha value is -2.46. The second-order valence-corrected chi connectivity index (χ2v) is 6.35. The van der Waals surface area contributed by atoms with E-state index in [0.29, 0.717) is 12.8 Å². The van der Waals surface area contributed by atoms with Crippen LogP contribution in [0.25, 0.3) is 21.1 Å². The molecule has 22 heavy (non-hydrogen) atoms. The van der Waals surface area contributed by atoms with Gasteiger partial charge in [-0.1, -0.05) is 0 Å². The van der Waals surface area contributed by atoms with Gasteiger partial charge in [0.25, 0.3) is 0 Å². The molecule has 7 heteroatoms. The molecule has 2 heterocycles. The normalized spacial score (nSPS) is 14.6. The summed E-state index contributed by atoms with van der Waals surface area (Å²) in [6.45, 7) is 0. The number of hydrogen-bond donors (Lipinski definition) is 2. The van der Waals surface area contributed by atoms with Crippen molar-refractivity contribution in [2.24, 2.45) is 0 Å². The summed E-state index contributed by atoms with van der Waals surface area (Å²) in [6, 6.07) is 2.75. The standard InChI is InChI=1S/C15H8F2N2O2S/c16-6-3-7-10(9(12(6)17)5-1-2-5)14(21)11-13(20)8(4-18)22-15(11)19-7/h3,5,20H,1-2H2,(H,19,21). The van der Waals surface area contributed by atoms with Gasteiger partial charge in [-0.05, 0) is 18.8 Å². The molecule has 0 amide bonds. The summed E-state index contributed by atoms with van der Waals surface area (Å²) in [5, 5.41) is 19.0. The molecule has 0 radical (unpaired) electrons. The third-order valence-electron chi connectivity index (χ3n) is 3.93. The van der Waals surface area contributed by atoms with E-state index in [1.54, 1.807) is 6.07 Å². The number of aromatic nitrogens is 1. The molecular weight excluding hydrogens is 310 g/mol. The third-order valence-corrected chi connectivity index (χ3v) is 4.93. The van der Waals surface area contributed by atoms with Gasteiger partial charge >= 0.3 is 0 Å². The zero-order chi connectivity index (χ0) is 15.6. The average Bonchev–Trinajstić information content (AvgIpc) is 3.26. The Kier molecular flexibility index (Phi) is 2.57. The lowest BCUT2D eigenvalue weighted by atomic mass is 10.0. The molecule has 1 fully saturated rings. The first-order valence-corrected chi connectivity index (χ1v) is 7.44. The molecular formula is C15H8F2N2O2S. The van der Waals surface area contributed by atoms with Gasteiger partial charge in [0.05, 0.1) is 10.9 Å². The van der Waals surface area contributed by atoms with Crippen molar-refractivity contribution in [1.82, 2.24) is 4.98 Å². The van der Waals surface area contributed by atoms with Gasteiger partial charge in [-0.2, -0.15) is 5.26 Å². The van der Waals surface area contributed by atoms with Crippen molar-refractivity contribution in [3.8, 4) is 11.8 Å². The van der Waals surface area contributed by atoms with Crippen LogP contribution >= 0.6 is 11.3 Å². The smallest absolute Gasteiger partial charge is 0.202 e. The number of thiophene rings is 1. The number of pyridine rings is 1. The third kappa shape index (κ3) is 1.61. The number of rotatable bonds is 1. The highest BCUT2D eigenvalue weighted by molar-refractivity contribution is 7.19. The van der Waals surface area contributed by atoms with E-state index in [4.69, 9.17) is 5.26 Å². The number of benzene rings is 1. The number of aromatic hydroxyl groups is 1. The van der Waals surface area contributed by atoms with Crippen LogP contribution in [0.15, 0.2) is 10.9 Å². The Morgan fingerprint density at radius 2 is 2.09 bits per heavy atom. The highest BCUT2D eigenvalue weighted by Gasteiger charge is 2.32. The summed E-state index contributed by atoms with van der Waals surface area (Å²) in [6.07, 6.45) is 1.40. The Labute approximate surface area is 126 Å². The maximum atomic E-state index is 14.1. The fourth-order valence-electron chi connectivity index (χ4n) is 2.79. The van der Waals surface area contributed by atoms with Gasteiger partial charge in [0, 0.05) is 11.6 Å². The van der Waals surface area contributed by atoms with Crippen molar-refractivity contribution >= 4 is 32.5 Å². The number of fused-ring (bicyclic) bond motifs is 2. The second kappa shape index (κ2) is 4.27. The maximum absolute atomic E-state index is 14.1. The van der Waals surface area contributed by atoms with Crippen LogP contribution in [0.1, 0.15) is 29.2 Å². The lowest BCUT2D eigenvalue weighted by molar-refractivity contribution is 0.482. The number of nitriles is 1. The van der Waals surface area contributed by atoms with Gasteiger partial charge in [0.2, 0.25) is 5.43 Å².